The Labute approximate surface area is 89.1 Å². The van der Waals surface area contributed by atoms with Crippen molar-refractivity contribution >= 4 is 17.0 Å². The minimum atomic E-state index is 0.155. The highest BCUT2D eigenvalue weighted by Crippen LogP contribution is 2.15. The van der Waals surface area contributed by atoms with Crippen molar-refractivity contribution in [3.05, 3.63) is 48.7 Å². The summed E-state index contributed by atoms with van der Waals surface area (Å²) >= 11 is 0. The van der Waals surface area contributed by atoms with Gasteiger partial charge in [-0.25, -0.2) is 0 Å². The maximum Gasteiger partial charge on any atom is 0.213 e. The molecule has 0 aliphatic carbocycles. The third kappa shape index (κ3) is 1.76. The van der Waals surface area contributed by atoms with Crippen LogP contribution >= 0.6 is 0 Å². The van der Waals surface area contributed by atoms with E-state index in [1.54, 1.807) is 0 Å². The van der Waals surface area contributed by atoms with Gasteiger partial charge < -0.3 is 5.11 Å². The minimum Gasteiger partial charge on any atom is -0.390 e. The van der Waals surface area contributed by atoms with Gasteiger partial charge in [0.2, 0.25) is 5.52 Å². The van der Waals surface area contributed by atoms with Crippen LogP contribution in [0.25, 0.3) is 17.0 Å². The standard InChI is InChI=1S/C13H14NO/c1-2-11-7-8-14(9-10-15)13-6-4-3-5-12(11)13/h2-8,15H,1,9-10H2/q+1. The molecule has 2 rings (SSSR count). The molecule has 1 heterocycles. The maximum absolute atomic E-state index is 8.96. The van der Waals surface area contributed by atoms with Crippen LogP contribution in [0.5, 0.6) is 0 Å². The average Bonchev–Trinajstić information content (AvgIpc) is 2.30. The Morgan fingerprint density at radius 3 is 2.80 bits per heavy atom. The molecule has 2 aromatic rings. The highest BCUT2D eigenvalue weighted by Gasteiger charge is 2.09. The lowest BCUT2D eigenvalue weighted by Gasteiger charge is -2.02. The van der Waals surface area contributed by atoms with Crippen LogP contribution in [-0.4, -0.2) is 11.7 Å². The fourth-order valence-electron chi connectivity index (χ4n) is 1.79. The van der Waals surface area contributed by atoms with Gasteiger partial charge in [-0.05, 0) is 11.6 Å². The Balaban J connectivity index is 2.71. The molecule has 1 N–H and O–H groups in total. The van der Waals surface area contributed by atoms with Crippen molar-refractivity contribution in [2.75, 3.05) is 6.61 Å². The second-order valence-electron chi connectivity index (χ2n) is 3.41. The van der Waals surface area contributed by atoms with Gasteiger partial charge >= 0.3 is 0 Å². The van der Waals surface area contributed by atoms with E-state index >= 15 is 0 Å². The summed E-state index contributed by atoms with van der Waals surface area (Å²) in [5.41, 5.74) is 2.25. The molecule has 76 valence electrons. The fraction of sp³-hybridized carbons (Fsp3) is 0.154. The molecule has 1 aromatic carbocycles. The van der Waals surface area contributed by atoms with Crippen LogP contribution < -0.4 is 4.57 Å². The monoisotopic (exact) mass is 200 g/mol. The van der Waals surface area contributed by atoms with Gasteiger partial charge in [-0.2, -0.15) is 4.57 Å². The molecule has 0 atom stereocenters. The zero-order chi connectivity index (χ0) is 10.7. The largest absolute Gasteiger partial charge is 0.390 e. The number of aliphatic hydroxyl groups is 1. The first-order valence-corrected chi connectivity index (χ1v) is 5.01. The average molecular weight is 200 g/mol. The Bertz CT molecular complexity index is 491. The Morgan fingerprint density at radius 2 is 2.07 bits per heavy atom. The van der Waals surface area contributed by atoms with E-state index in [2.05, 4.69) is 18.7 Å². The zero-order valence-corrected chi connectivity index (χ0v) is 8.56. The summed E-state index contributed by atoms with van der Waals surface area (Å²) in [6, 6.07) is 10.2. The molecule has 2 nitrogen and oxygen atoms in total. The van der Waals surface area contributed by atoms with Crippen LogP contribution in [0.4, 0.5) is 0 Å². The first-order valence-electron chi connectivity index (χ1n) is 5.01. The summed E-state index contributed by atoms with van der Waals surface area (Å²) < 4.78 is 2.04. The van der Waals surface area contributed by atoms with E-state index in [-0.39, 0.29) is 6.61 Å². The predicted octanol–water partition coefficient (Wildman–Crippen LogP) is 1.76. The third-order valence-corrected chi connectivity index (χ3v) is 2.52. The number of aromatic nitrogens is 1. The van der Waals surface area contributed by atoms with Crippen molar-refractivity contribution in [2.24, 2.45) is 0 Å². The lowest BCUT2D eigenvalue weighted by molar-refractivity contribution is -0.672. The van der Waals surface area contributed by atoms with E-state index in [1.807, 2.05) is 35.0 Å². The van der Waals surface area contributed by atoms with Crippen molar-refractivity contribution in [1.29, 1.82) is 0 Å². The van der Waals surface area contributed by atoms with E-state index < -0.39 is 0 Å². The van der Waals surface area contributed by atoms with Gasteiger partial charge in [0.15, 0.2) is 12.7 Å². The molecular weight excluding hydrogens is 186 g/mol. The smallest absolute Gasteiger partial charge is 0.213 e. The number of fused-ring (bicyclic) bond motifs is 1. The molecule has 0 radical (unpaired) electrons. The van der Waals surface area contributed by atoms with Crippen molar-refractivity contribution in [3.63, 3.8) is 0 Å². The number of benzene rings is 1. The van der Waals surface area contributed by atoms with Crippen molar-refractivity contribution in [3.8, 4) is 0 Å². The molecule has 0 unspecified atom stereocenters. The summed E-state index contributed by atoms with van der Waals surface area (Å²) in [6.07, 6.45) is 3.83. The van der Waals surface area contributed by atoms with Gasteiger partial charge in [0.1, 0.15) is 6.61 Å². The molecule has 0 saturated heterocycles. The number of para-hydroxylation sites is 1. The molecule has 0 fully saturated rings. The highest BCUT2D eigenvalue weighted by molar-refractivity contribution is 5.85. The maximum atomic E-state index is 8.96. The molecule has 0 amide bonds. The molecule has 0 aliphatic heterocycles. The number of pyridine rings is 1. The Morgan fingerprint density at radius 1 is 1.27 bits per heavy atom. The minimum absolute atomic E-state index is 0.155. The third-order valence-electron chi connectivity index (χ3n) is 2.52. The van der Waals surface area contributed by atoms with Gasteiger partial charge in [-0.15, -0.1) is 0 Å². The van der Waals surface area contributed by atoms with Gasteiger partial charge in [-0.1, -0.05) is 24.8 Å². The predicted molar refractivity (Wildman–Crippen MR) is 61.3 cm³/mol. The highest BCUT2D eigenvalue weighted by atomic mass is 16.3. The second-order valence-corrected chi connectivity index (χ2v) is 3.41. The van der Waals surface area contributed by atoms with E-state index in [1.165, 1.54) is 5.39 Å². The van der Waals surface area contributed by atoms with Crippen LogP contribution in [0.1, 0.15) is 5.56 Å². The normalized spacial score (nSPS) is 10.5. The summed E-state index contributed by atoms with van der Waals surface area (Å²) in [4.78, 5) is 0. The topological polar surface area (TPSA) is 24.1 Å². The summed E-state index contributed by atoms with van der Waals surface area (Å²) in [7, 11) is 0. The van der Waals surface area contributed by atoms with Crippen LogP contribution in [-0.2, 0) is 6.54 Å². The van der Waals surface area contributed by atoms with Gasteiger partial charge in [0, 0.05) is 12.1 Å². The fourth-order valence-corrected chi connectivity index (χ4v) is 1.79. The Hall–Kier alpha value is -1.67. The van der Waals surface area contributed by atoms with E-state index in [9.17, 15) is 0 Å². The lowest BCUT2D eigenvalue weighted by atomic mass is 10.1. The van der Waals surface area contributed by atoms with E-state index in [0.717, 1.165) is 11.1 Å². The first kappa shape index (κ1) is 9.87. The van der Waals surface area contributed by atoms with Crippen molar-refractivity contribution in [1.82, 2.24) is 0 Å². The van der Waals surface area contributed by atoms with Crippen molar-refractivity contribution < 1.29 is 9.67 Å². The van der Waals surface area contributed by atoms with Crippen LogP contribution in [0.15, 0.2) is 43.1 Å². The molecule has 0 spiro atoms. The molecule has 2 heteroatoms. The second kappa shape index (κ2) is 4.24. The summed E-state index contributed by atoms with van der Waals surface area (Å²) in [6.45, 7) is 4.58. The van der Waals surface area contributed by atoms with Gasteiger partial charge in [0.05, 0.1) is 5.39 Å². The van der Waals surface area contributed by atoms with Crippen molar-refractivity contribution in [2.45, 2.75) is 6.54 Å². The van der Waals surface area contributed by atoms with Crippen LogP contribution in [0.2, 0.25) is 0 Å². The Kier molecular flexibility index (Phi) is 2.79. The zero-order valence-electron chi connectivity index (χ0n) is 8.56. The van der Waals surface area contributed by atoms with Crippen LogP contribution in [0, 0.1) is 0 Å². The first-order chi connectivity index (χ1) is 7.36. The molecule has 15 heavy (non-hydrogen) atoms. The molecule has 0 saturated carbocycles. The summed E-state index contributed by atoms with van der Waals surface area (Å²) in [5, 5.41) is 10.1. The lowest BCUT2D eigenvalue weighted by Crippen LogP contribution is -2.36. The van der Waals surface area contributed by atoms with E-state index in [0.29, 0.717) is 6.54 Å². The SMILES string of the molecule is C=Cc1cc[n+](CCO)c2ccccc12. The molecular formula is C13H14NO+. The number of hydrogen-bond acceptors (Lipinski definition) is 1. The number of aliphatic hydroxyl groups excluding tert-OH is 1. The molecule has 0 aliphatic rings. The quantitative estimate of drug-likeness (QED) is 0.750. The van der Waals surface area contributed by atoms with Gasteiger partial charge in [-0.3, -0.25) is 0 Å². The molecule has 0 bridgehead atoms. The number of rotatable bonds is 3. The van der Waals surface area contributed by atoms with Crippen LogP contribution in [0.3, 0.4) is 0 Å². The molecule has 1 aromatic heterocycles. The van der Waals surface area contributed by atoms with Gasteiger partial charge in [0.25, 0.3) is 0 Å². The number of nitrogens with zero attached hydrogens (tertiary/aromatic N) is 1. The van der Waals surface area contributed by atoms with E-state index in [4.69, 9.17) is 5.11 Å². The summed E-state index contributed by atoms with van der Waals surface area (Å²) in [5.74, 6) is 0. The number of hydrogen-bond donors (Lipinski definition) is 1.